The van der Waals surface area contributed by atoms with E-state index < -0.39 is 5.92 Å². The molecule has 0 spiro atoms. The van der Waals surface area contributed by atoms with Crippen molar-refractivity contribution in [2.45, 2.75) is 51.6 Å². The van der Waals surface area contributed by atoms with E-state index in [9.17, 15) is 8.78 Å². The molecule has 0 aromatic heterocycles. The molecule has 2 rings (SSSR count). The number of nitrogens with one attached hydrogen (secondary N) is 1. The van der Waals surface area contributed by atoms with Crippen molar-refractivity contribution >= 4 is 0 Å². The highest BCUT2D eigenvalue weighted by atomic mass is 19.3. The Labute approximate surface area is 126 Å². The number of benzene rings is 1. The van der Waals surface area contributed by atoms with Gasteiger partial charge < -0.3 is 10.2 Å². The van der Waals surface area contributed by atoms with E-state index in [0.717, 1.165) is 19.0 Å². The molecule has 0 aliphatic carbocycles. The van der Waals surface area contributed by atoms with Gasteiger partial charge in [-0.2, -0.15) is 0 Å². The second kappa shape index (κ2) is 6.41. The number of alkyl halides is 2. The maximum absolute atomic E-state index is 13.2. The normalized spacial score (nSPS) is 17.4. The summed E-state index contributed by atoms with van der Waals surface area (Å²) in [6, 6.07) is 6.60. The van der Waals surface area contributed by atoms with Crippen LogP contribution in [0.5, 0.6) is 0 Å². The van der Waals surface area contributed by atoms with Crippen molar-refractivity contribution in [2.24, 2.45) is 0 Å². The number of hydrogen-bond acceptors (Lipinski definition) is 2. The lowest BCUT2D eigenvalue weighted by Gasteiger charge is -2.31. The van der Waals surface area contributed by atoms with Crippen molar-refractivity contribution < 1.29 is 8.78 Å². The van der Waals surface area contributed by atoms with Crippen LogP contribution in [-0.2, 0) is 12.5 Å². The van der Waals surface area contributed by atoms with Crippen LogP contribution in [0.25, 0.3) is 0 Å². The molecule has 1 N–H and O–H groups in total. The van der Waals surface area contributed by atoms with E-state index in [1.54, 1.807) is 12.1 Å². The van der Waals surface area contributed by atoms with Crippen LogP contribution >= 0.6 is 0 Å². The smallest absolute Gasteiger partial charge is 0.270 e. The third-order valence-electron chi connectivity index (χ3n) is 4.05. The molecule has 0 amide bonds. The summed E-state index contributed by atoms with van der Waals surface area (Å²) in [5.74, 6) is -2.76. The van der Waals surface area contributed by atoms with Gasteiger partial charge in [0.2, 0.25) is 0 Å². The summed E-state index contributed by atoms with van der Waals surface area (Å²) in [6.07, 6.45) is 2.59. The van der Waals surface area contributed by atoms with Crippen LogP contribution in [0.4, 0.5) is 8.78 Å². The predicted octanol–water partition coefficient (Wildman–Crippen LogP) is 3.76. The second-order valence-corrected chi connectivity index (χ2v) is 6.81. The van der Waals surface area contributed by atoms with Crippen LogP contribution < -0.4 is 5.32 Å². The molecule has 1 fully saturated rings. The minimum absolute atomic E-state index is 0.0255. The Kier molecular flexibility index (Phi) is 4.99. The lowest BCUT2D eigenvalue weighted by molar-refractivity contribution is 0.0174. The van der Waals surface area contributed by atoms with Gasteiger partial charge in [0.15, 0.2) is 0 Å². The quantitative estimate of drug-likeness (QED) is 0.860. The molecule has 1 aliphatic heterocycles. The van der Waals surface area contributed by atoms with Gasteiger partial charge in [-0.3, -0.25) is 0 Å². The average Bonchev–Trinajstić information content (AvgIpc) is 2.88. The van der Waals surface area contributed by atoms with Crippen molar-refractivity contribution in [3.05, 3.63) is 35.4 Å². The fraction of sp³-hybridized carbons (Fsp3) is 0.647. The van der Waals surface area contributed by atoms with E-state index in [2.05, 4.69) is 24.1 Å². The van der Waals surface area contributed by atoms with E-state index >= 15 is 0 Å². The highest BCUT2D eigenvalue weighted by molar-refractivity contribution is 5.25. The van der Waals surface area contributed by atoms with Crippen molar-refractivity contribution in [3.8, 4) is 0 Å². The lowest BCUT2D eigenvalue weighted by atomic mass is 10.0. The Hall–Kier alpha value is -1.00. The van der Waals surface area contributed by atoms with Gasteiger partial charge in [-0.1, -0.05) is 24.3 Å². The van der Waals surface area contributed by atoms with Crippen LogP contribution in [0.2, 0.25) is 0 Å². The Morgan fingerprint density at radius 3 is 2.14 bits per heavy atom. The zero-order valence-corrected chi connectivity index (χ0v) is 13.3. The first-order chi connectivity index (χ1) is 9.76. The summed E-state index contributed by atoms with van der Waals surface area (Å²) < 4.78 is 26.3. The van der Waals surface area contributed by atoms with Gasteiger partial charge in [0, 0.05) is 31.1 Å². The maximum atomic E-state index is 13.2. The third kappa shape index (κ3) is 5.04. The van der Waals surface area contributed by atoms with Gasteiger partial charge >= 0.3 is 0 Å². The molecule has 4 heteroatoms. The largest absolute Gasteiger partial charge is 0.306 e. The summed E-state index contributed by atoms with van der Waals surface area (Å²) in [5, 5.41) is 3.53. The molecule has 1 aliphatic rings. The monoisotopic (exact) mass is 296 g/mol. The Morgan fingerprint density at radius 2 is 1.62 bits per heavy atom. The summed E-state index contributed by atoms with van der Waals surface area (Å²) in [5.41, 5.74) is 1.14. The average molecular weight is 296 g/mol. The van der Waals surface area contributed by atoms with E-state index in [4.69, 9.17) is 0 Å². The van der Waals surface area contributed by atoms with Crippen molar-refractivity contribution in [2.75, 3.05) is 19.6 Å². The Morgan fingerprint density at radius 1 is 1.05 bits per heavy atom. The first-order valence-corrected chi connectivity index (χ1v) is 7.71. The summed E-state index contributed by atoms with van der Waals surface area (Å²) in [7, 11) is 0. The summed E-state index contributed by atoms with van der Waals surface area (Å²) in [6.45, 7) is 9.42. The predicted molar refractivity (Wildman–Crippen MR) is 82.6 cm³/mol. The molecule has 1 heterocycles. The van der Waals surface area contributed by atoms with Crippen LogP contribution in [-0.4, -0.2) is 30.1 Å². The molecule has 1 aromatic carbocycles. The van der Waals surface area contributed by atoms with Gasteiger partial charge in [-0.25, -0.2) is 8.78 Å². The van der Waals surface area contributed by atoms with Crippen LogP contribution in [0.15, 0.2) is 24.3 Å². The lowest BCUT2D eigenvalue weighted by Crippen LogP contribution is -2.48. The van der Waals surface area contributed by atoms with Gasteiger partial charge in [-0.15, -0.1) is 0 Å². The molecule has 0 atom stereocenters. The van der Waals surface area contributed by atoms with Gasteiger partial charge in [0.1, 0.15) is 0 Å². The maximum Gasteiger partial charge on any atom is 0.270 e. The first-order valence-electron chi connectivity index (χ1n) is 7.71. The molecule has 21 heavy (non-hydrogen) atoms. The minimum atomic E-state index is -2.76. The molecule has 0 unspecified atom stereocenters. The molecule has 1 aromatic rings. The van der Waals surface area contributed by atoms with E-state index in [0.29, 0.717) is 6.54 Å². The van der Waals surface area contributed by atoms with Crippen LogP contribution in [0.1, 0.15) is 44.7 Å². The van der Waals surface area contributed by atoms with E-state index in [1.807, 2.05) is 0 Å². The first kappa shape index (κ1) is 16.4. The van der Waals surface area contributed by atoms with Gasteiger partial charge in [0.25, 0.3) is 5.92 Å². The second-order valence-electron chi connectivity index (χ2n) is 6.81. The van der Waals surface area contributed by atoms with Crippen molar-refractivity contribution in [1.82, 2.24) is 10.2 Å². The zero-order valence-electron chi connectivity index (χ0n) is 13.3. The van der Waals surface area contributed by atoms with Gasteiger partial charge in [0.05, 0.1) is 0 Å². The molecule has 0 radical (unpaired) electrons. The van der Waals surface area contributed by atoms with Crippen molar-refractivity contribution in [3.63, 3.8) is 0 Å². The molecular weight excluding hydrogens is 270 g/mol. The zero-order chi connectivity index (χ0) is 15.5. The molecule has 2 nitrogen and oxygen atoms in total. The molecule has 0 bridgehead atoms. The van der Waals surface area contributed by atoms with Crippen LogP contribution in [0, 0.1) is 0 Å². The Bertz CT molecular complexity index is 443. The Balaban J connectivity index is 1.86. The molecule has 0 saturated carbocycles. The fourth-order valence-corrected chi connectivity index (χ4v) is 2.81. The molecule has 1 saturated heterocycles. The fourth-order valence-electron chi connectivity index (χ4n) is 2.81. The SMILES string of the molecule is CC(C)(CN1CCCC1)NCc1ccc(C(C)(F)F)cc1. The number of hydrogen-bond donors (Lipinski definition) is 1. The number of nitrogens with zero attached hydrogens (tertiary/aromatic N) is 1. The topological polar surface area (TPSA) is 15.3 Å². The molecular formula is C17H26F2N2. The van der Waals surface area contributed by atoms with E-state index in [-0.39, 0.29) is 11.1 Å². The van der Waals surface area contributed by atoms with Gasteiger partial charge in [-0.05, 0) is 45.3 Å². The van der Waals surface area contributed by atoms with Crippen LogP contribution in [0.3, 0.4) is 0 Å². The standard InChI is InChI=1S/C17H26F2N2/c1-16(2,13-21-10-4-5-11-21)20-12-14-6-8-15(9-7-14)17(3,18)19/h6-9,20H,4-5,10-13H2,1-3H3. The number of rotatable bonds is 6. The number of likely N-dealkylation sites (tertiary alicyclic amines) is 1. The highest BCUT2D eigenvalue weighted by Gasteiger charge is 2.25. The molecule has 118 valence electrons. The number of halogens is 2. The minimum Gasteiger partial charge on any atom is -0.306 e. The highest BCUT2D eigenvalue weighted by Crippen LogP contribution is 2.26. The summed E-state index contributed by atoms with van der Waals surface area (Å²) >= 11 is 0. The summed E-state index contributed by atoms with van der Waals surface area (Å²) in [4.78, 5) is 2.48. The van der Waals surface area contributed by atoms with E-state index in [1.165, 1.54) is 38.1 Å². The van der Waals surface area contributed by atoms with Crippen molar-refractivity contribution in [1.29, 1.82) is 0 Å². The third-order valence-corrected chi connectivity index (χ3v) is 4.05.